The van der Waals surface area contributed by atoms with E-state index >= 15 is 0 Å². The van der Waals surface area contributed by atoms with Crippen LogP contribution < -0.4 is 5.43 Å². The molecule has 1 rings (SSSR count). The van der Waals surface area contributed by atoms with Gasteiger partial charge in [-0.25, -0.2) is 15.0 Å². The van der Waals surface area contributed by atoms with Crippen LogP contribution in [0.15, 0.2) is 0 Å². The summed E-state index contributed by atoms with van der Waals surface area (Å²) in [5, 5.41) is 2.34. The summed E-state index contributed by atoms with van der Waals surface area (Å²) in [6.07, 6.45) is 0.780. The molecule has 0 aliphatic carbocycles. The van der Waals surface area contributed by atoms with Gasteiger partial charge < -0.3 is 5.43 Å². The zero-order chi connectivity index (χ0) is 10.7. The number of hydrogen-bond acceptors (Lipinski definition) is 4. The fraction of sp³-hybridized carbons (Fsp3) is 0.556. The molecule has 0 spiro atoms. The van der Waals surface area contributed by atoms with Gasteiger partial charge in [0, 0.05) is 26.1 Å². The smallest absolute Gasteiger partial charge is 0.148 e. The summed E-state index contributed by atoms with van der Waals surface area (Å²) in [4.78, 5) is 8.50. The maximum Gasteiger partial charge on any atom is 0.148 e. The van der Waals surface area contributed by atoms with Crippen LogP contribution in [-0.4, -0.2) is 29.1 Å². The molecule has 0 unspecified atom stereocenters. The Morgan fingerprint density at radius 3 is 2.50 bits per heavy atom. The molecule has 4 nitrogen and oxygen atoms in total. The summed E-state index contributed by atoms with van der Waals surface area (Å²) in [5.41, 5.74) is 3.96. The minimum absolute atomic E-state index is 0.515. The van der Waals surface area contributed by atoms with Crippen LogP contribution in [0.3, 0.4) is 0 Å². The fourth-order valence-electron chi connectivity index (χ4n) is 1.01. The molecule has 1 heterocycles. The number of anilines is 1. The minimum Gasteiger partial charge on any atom is -0.303 e. The van der Waals surface area contributed by atoms with Crippen molar-refractivity contribution in [3.05, 3.63) is 16.5 Å². The number of aromatic nitrogens is 2. The lowest BCUT2D eigenvalue weighted by Gasteiger charge is -2.15. The van der Waals surface area contributed by atoms with Crippen molar-refractivity contribution in [2.24, 2.45) is 0 Å². The summed E-state index contributed by atoms with van der Waals surface area (Å²) in [5.74, 6) is 1.52. The number of nitrogens with zero attached hydrogens (tertiary/aromatic N) is 3. The zero-order valence-corrected chi connectivity index (χ0v) is 9.68. The predicted octanol–water partition coefficient (Wildman–Crippen LogP) is 1.89. The first-order valence-corrected chi connectivity index (χ1v) is 4.89. The number of aryl methyl sites for hydroxylation is 1. The van der Waals surface area contributed by atoms with Crippen LogP contribution in [-0.2, 0) is 6.42 Å². The van der Waals surface area contributed by atoms with Crippen LogP contribution in [0.5, 0.6) is 0 Å². The molecule has 0 saturated carbocycles. The average molecular weight is 215 g/mol. The predicted molar refractivity (Wildman–Crippen MR) is 58.5 cm³/mol. The van der Waals surface area contributed by atoms with Gasteiger partial charge in [0.15, 0.2) is 0 Å². The van der Waals surface area contributed by atoms with Gasteiger partial charge in [-0.1, -0.05) is 18.5 Å². The third-order valence-electron chi connectivity index (χ3n) is 1.78. The Kier molecular flexibility index (Phi) is 3.66. The third-order valence-corrected chi connectivity index (χ3v) is 2.15. The first-order chi connectivity index (χ1) is 6.54. The van der Waals surface area contributed by atoms with Crippen LogP contribution in [0.25, 0.3) is 0 Å². The SMILES string of the molecule is CCc1nc(Cl)c(C)c(NN(C)C)n1. The van der Waals surface area contributed by atoms with E-state index in [0.29, 0.717) is 5.15 Å². The van der Waals surface area contributed by atoms with E-state index < -0.39 is 0 Å². The molecule has 0 atom stereocenters. The standard InChI is InChI=1S/C9H15ClN4/c1-5-7-11-8(10)6(2)9(12-7)13-14(3)4/h5H2,1-4H3,(H,11,12,13). The van der Waals surface area contributed by atoms with Crippen LogP contribution in [0.2, 0.25) is 5.15 Å². The quantitative estimate of drug-likeness (QED) is 0.616. The summed E-state index contributed by atoms with van der Waals surface area (Å²) in [6.45, 7) is 3.90. The molecular weight excluding hydrogens is 200 g/mol. The van der Waals surface area contributed by atoms with Crippen LogP contribution in [0, 0.1) is 6.92 Å². The second kappa shape index (κ2) is 4.57. The lowest BCUT2D eigenvalue weighted by molar-refractivity contribution is 0.491. The molecule has 0 amide bonds. The minimum atomic E-state index is 0.515. The Balaban J connectivity index is 3.07. The van der Waals surface area contributed by atoms with Gasteiger partial charge in [0.2, 0.25) is 0 Å². The van der Waals surface area contributed by atoms with E-state index in [1.165, 1.54) is 0 Å². The maximum atomic E-state index is 5.97. The summed E-state index contributed by atoms with van der Waals surface area (Å²) in [7, 11) is 3.81. The molecule has 0 bridgehead atoms. The highest BCUT2D eigenvalue weighted by Gasteiger charge is 2.08. The lowest BCUT2D eigenvalue weighted by Crippen LogP contribution is -2.21. The van der Waals surface area contributed by atoms with Gasteiger partial charge in [-0.05, 0) is 6.92 Å². The van der Waals surface area contributed by atoms with Crippen molar-refractivity contribution in [1.82, 2.24) is 15.0 Å². The second-order valence-electron chi connectivity index (χ2n) is 3.26. The highest BCUT2D eigenvalue weighted by molar-refractivity contribution is 6.30. The third kappa shape index (κ3) is 2.56. The van der Waals surface area contributed by atoms with E-state index in [1.54, 1.807) is 0 Å². The van der Waals surface area contributed by atoms with Gasteiger partial charge in [-0.15, -0.1) is 0 Å². The molecule has 5 heteroatoms. The number of nitrogens with one attached hydrogen (secondary N) is 1. The highest BCUT2D eigenvalue weighted by Crippen LogP contribution is 2.19. The molecule has 1 aromatic rings. The van der Waals surface area contributed by atoms with E-state index in [9.17, 15) is 0 Å². The van der Waals surface area contributed by atoms with Crippen molar-refractivity contribution in [1.29, 1.82) is 0 Å². The number of halogens is 1. The summed E-state index contributed by atoms with van der Waals surface area (Å²) >= 11 is 5.97. The van der Waals surface area contributed by atoms with Gasteiger partial charge in [-0.3, -0.25) is 0 Å². The Hall–Kier alpha value is -0.870. The Morgan fingerprint density at radius 1 is 1.36 bits per heavy atom. The van der Waals surface area contributed by atoms with Gasteiger partial charge in [0.1, 0.15) is 16.8 Å². The van der Waals surface area contributed by atoms with Crippen molar-refractivity contribution in [2.45, 2.75) is 20.3 Å². The maximum absolute atomic E-state index is 5.97. The molecule has 0 fully saturated rings. The number of hydrazine groups is 1. The van der Waals surface area contributed by atoms with E-state index in [-0.39, 0.29) is 0 Å². The molecule has 0 aliphatic rings. The molecule has 1 aromatic heterocycles. The monoisotopic (exact) mass is 214 g/mol. The molecular formula is C9H15ClN4. The molecule has 0 saturated heterocycles. The highest BCUT2D eigenvalue weighted by atomic mass is 35.5. The van der Waals surface area contributed by atoms with Crippen molar-refractivity contribution >= 4 is 17.4 Å². The fourth-order valence-corrected chi connectivity index (χ4v) is 1.20. The van der Waals surface area contributed by atoms with Crippen molar-refractivity contribution < 1.29 is 0 Å². The van der Waals surface area contributed by atoms with E-state index in [1.807, 2.05) is 33.0 Å². The average Bonchev–Trinajstić information content (AvgIpc) is 2.11. The Bertz CT molecular complexity index is 325. The largest absolute Gasteiger partial charge is 0.303 e. The van der Waals surface area contributed by atoms with E-state index in [2.05, 4.69) is 15.4 Å². The van der Waals surface area contributed by atoms with E-state index in [0.717, 1.165) is 23.6 Å². The van der Waals surface area contributed by atoms with Crippen molar-refractivity contribution in [2.75, 3.05) is 19.5 Å². The van der Waals surface area contributed by atoms with E-state index in [4.69, 9.17) is 11.6 Å². The Morgan fingerprint density at radius 2 is 2.00 bits per heavy atom. The number of rotatable bonds is 3. The zero-order valence-electron chi connectivity index (χ0n) is 8.93. The van der Waals surface area contributed by atoms with Gasteiger partial charge >= 0.3 is 0 Å². The second-order valence-corrected chi connectivity index (χ2v) is 3.62. The first kappa shape index (κ1) is 11.2. The molecule has 1 N–H and O–H groups in total. The van der Waals surface area contributed by atoms with Crippen LogP contribution in [0.1, 0.15) is 18.3 Å². The molecule has 14 heavy (non-hydrogen) atoms. The van der Waals surface area contributed by atoms with Crippen molar-refractivity contribution in [3.8, 4) is 0 Å². The number of hydrogen-bond donors (Lipinski definition) is 1. The summed E-state index contributed by atoms with van der Waals surface area (Å²) in [6, 6.07) is 0. The lowest BCUT2D eigenvalue weighted by atomic mass is 10.3. The van der Waals surface area contributed by atoms with Gasteiger partial charge in [0.05, 0.1) is 0 Å². The normalized spacial score (nSPS) is 10.7. The van der Waals surface area contributed by atoms with Crippen LogP contribution in [0.4, 0.5) is 5.82 Å². The Labute approximate surface area is 89.3 Å². The first-order valence-electron chi connectivity index (χ1n) is 4.51. The van der Waals surface area contributed by atoms with Crippen LogP contribution >= 0.6 is 11.6 Å². The molecule has 0 aromatic carbocycles. The molecule has 0 aliphatic heterocycles. The molecule has 0 radical (unpaired) electrons. The summed E-state index contributed by atoms with van der Waals surface area (Å²) < 4.78 is 0. The molecule has 78 valence electrons. The van der Waals surface area contributed by atoms with Crippen molar-refractivity contribution in [3.63, 3.8) is 0 Å². The van der Waals surface area contributed by atoms with Gasteiger partial charge in [0.25, 0.3) is 0 Å². The van der Waals surface area contributed by atoms with Gasteiger partial charge in [-0.2, -0.15) is 0 Å². The topological polar surface area (TPSA) is 41.1 Å².